The molecule has 1 N–H and O–H groups in total. The van der Waals surface area contributed by atoms with Gasteiger partial charge in [-0.1, -0.05) is 35.7 Å². The van der Waals surface area contributed by atoms with Crippen LogP contribution >= 0.6 is 11.8 Å². The van der Waals surface area contributed by atoms with Gasteiger partial charge in [0.05, 0.1) is 5.25 Å². The molecule has 1 heterocycles. The highest BCUT2D eigenvalue weighted by Crippen LogP contribution is 2.22. The first-order chi connectivity index (χ1) is 10.0. The highest BCUT2D eigenvalue weighted by atomic mass is 32.2. The minimum absolute atomic E-state index is 0.0675. The summed E-state index contributed by atoms with van der Waals surface area (Å²) in [5.74, 6) is 5.00. The maximum Gasteiger partial charge on any atom is 0.303 e. The third-order valence-corrected chi connectivity index (χ3v) is 3.70. The summed E-state index contributed by atoms with van der Waals surface area (Å²) >= 11 is 1.02. The molecule has 1 aromatic rings. The van der Waals surface area contributed by atoms with Crippen LogP contribution in [0.4, 0.5) is 4.79 Å². The molecular formula is C15H13NO4S. The molecule has 1 fully saturated rings. The van der Waals surface area contributed by atoms with Crippen molar-refractivity contribution in [2.75, 3.05) is 6.61 Å². The first-order valence-electron chi connectivity index (χ1n) is 6.27. The van der Waals surface area contributed by atoms with Crippen LogP contribution in [-0.4, -0.2) is 29.0 Å². The number of hydrogen-bond acceptors (Lipinski definition) is 5. The Morgan fingerprint density at radius 1 is 1.33 bits per heavy atom. The van der Waals surface area contributed by atoms with E-state index in [4.69, 9.17) is 4.74 Å². The molecule has 0 bridgehead atoms. The smallest absolute Gasteiger partial charge is 0.303 e. The lowest BCUT2D eigenvalue weighted by Crippen LogP contribution is -2.25. The van der Waals surface area contributed by atoms with E-state index >= 15 is 0 Å². The van der Waals surface area contributed by atoms with Gasteiger partial charge in [0, 0.05) is 12.5 Å². The maximum absolute atomic E-state index is 11.5. The van der Waals surface area contributed by atoms with Crippen LogP contribution in [0.3, 0.4) is 0 Å². The van der Waals surface area contributed by atoms with Crippen molar-refractivity contribution in [1.29, 1.82) is 0 Å². The monoisotopic (exact) mass is 303 g/mol. The summed E-state index contributed by atoms with van der Waals surface area (Å²) < 4.78 is 4.71. The molecule has 0 aromatic heterocycles. The van der Waals surface area contributed by atoms with Gasteiger partial charge in [-0.3, -0.25) is 19.7 Å². The highest BCUT2D eigenvalue weighted by molar-refractivity contribution is 8.15. The molecule has 1 unspecified atom stereocenters. The molecule has 0 saturated carbocycles. The average molecular weight is 303 g/mol. The lowest BCUT2D eigenvalue weighted by Gasteiger charge is -2.04. The zero-order valence-electron chi connectivity index (χ0n) is 11.3. The van der Waals surface area contributed by atoms with Gasteiger partial charge >= 0.3 is 5.97 Å². The van der Waals surface area contributed by atoms with Gasteiger partial charge in [0.1, 0.15) is 0 Å². The molecular weight excluding hydrogens is 290 g/mol. The highest BCUT2D eigenvalue weighted by Gasteiger charge is 2.31. The van der Waals surface area contributed by atoms with Crippen molar-refractivity contribution in [3.05, 3.63) is 35.4 Å². The summed E-state index contributed by atoms with van der Waals surface area (Å²) in [5, 5.41) is 1.61. The SMILES string of the molecule is CC(=O)OCC#Cc1ccc(CC2SC(=O)NC2=O)cc1. The molecule has 1 saturated heterocycles. The molecule has 5 nitrogen and oxygen atoms in total. The van der Waals surface area contributed by atoms with Crippen molar-refractivity contribution in [2.45, 2.75) is 18.6 Å². The van der Waals surface area contributed by atoms with Gasteiger partial charge in [-0.2, -0.15) is 0 Å². The molecule has 1 aromatic carbocycles. The maximum atomic E-state index is 11.5. The van der Waals surface area contributed by atoms with Gasteiger partial charge in [0.15, 0.2) is 6.61 Å². The van der Waals surface area contributed by atoms with Crippen LogP contribution < -0.4 is 5.32 Å². The van der Waals surface area contributed by atoms with Gasteiger partial charge in [-0.15, -0.1) is 0 Å². The molecule has 0 radical (unpaired) electrons. The van der Waals surface area contributed by atoms with Gasteiger partial charge in [-0.25, -0.2) is 0 Å². The Hall–Kier alpha value is -2.26. The molecule has 1 atom stereocenters. The van der Waals surface area contributed by atoms with Crippen LogP contribution in [0.5, 0.6) is 0 Å². The second kappa shape index (κ2) is 6.95. The molecule has 21 heavy (non-hydrogen) atoms. The second-order valence-electron chi connectivity index (χ2n) is 4.37. The minimum Gasteiger partial charge on any atom is -0.453 e. The molecule has 1 aliphatic rings. The molecule has 2 rings (SSSR count). The normalized spacial score (nSPS) is 16.9. The molecule has 6 heteroatoms. The van der Waals surface area contributed by atoms with Crippen molar-refractivity contribution in [1.82, 2.24) is 5.32 Å². The van der Waals surface area contributed by atoms with Crippen molar-refractivity contribution in [2.24, 2.45) is 0 Å². The number of carbonyl (C=O) groups excluding carboxylic acids is 3. The fourth-order valence-electron chi connectivity index (χ4n) is 1.74. The fraction of sp³-hybridized carbons (Fsp3) is 0.267. The molecule has 1 aliphatic heterocycles. The van der Waals surface area contributed by atoms with E-state index in [1.165, 1.54) is 6.92 Å². The number of imide groups is 1. The molecule has 2 amide bonds. The van der Waals surface area contributed by atoms with Gasteiger partial charge in [0.2, 0.25) is 5.91 Å². The predicted molar refractivity (Wildman–Crippen MR) is 78.6 cm³/mol. The first kappa shape index (κ1) is 15.1. The lowest BCUT2D eigenvalue weighted by atomic mass is 10.1. The molecule has 0 aliphatic carbocycles. The third-order valence-electron chi connectivity index (χ3n) is 2.72. The van der Waals surface area contributed by atoms with Gasteiger partial charge in [-0.05, 0) is 24.1 Å². The predicted octanol–water partition coefficient (Wildman–Crippen LogP) is 1.50. The van der Waals surface area contributed by atoms with E-state index in [9.17, 15) is 14.4 Å². The zero-order chi connectivity index (χ0) is 15.2. The van der Waals surface area contributed by atoms with Gasteiger partial charge in [0.25, 0.3) is 5.24 Å². The largest absolute Gasteiger partial charge is 0.453 e. The number of benzene rings is 1. The van der Waals surface area contributed by atoms with Crippen LogP contribution in [-0.2, 0) is 20.7 Å². The van der Waals surface area contributed by atoms with E-state index in [0.717, 1.165) is 22.9 Å². The summed E-state index contributed by atoms with van der Waals surface area (Å²) in [5.41, 5.74) is 1.76. The van der Waals surface area contributed by atoms with Crippen molar-refractivity contribution < 1.29 is 19.1 Å². The first-order valence-corrected chi connectivity index (χ1v) is 7.15. The number of ether oxygens (including phenoxy) is 1. The van der Waals surface area contributed by atoms with Crippen molar-refractivity contribution >= 4 is 28.9 Å². The quantitative estimate of drug-likeness (QED) is 0.676. The summed E-state index contributed by atoms with van der Waals surface area (Å²) in [6, 6.07) is 7.39. The van der Waals surface area contributed by atoms with Crippen molar-refractivity contribution in [3.63, 3.8) is 0 Å². The number of hydrogen-bond donors (Lipinski definition) is 1. The topological polar surface area (TPSA) is 72.5 Å². The number of esters is 1. The van der Waals surface area contributed by atoms with Crippen LogP contribution in [0, 0.1) is 11.8 Å². The lowest BCUT2D eigenvalue weighted by molar-refractivity contribution is -0.139. The Balaban J connectivity index is 1.91. The second-order valence-corrected chi connectivity index (χ2v) is 5.54. The van der Waals surface area contributed by atoms with Gasteiger partial charge < -0.3 is 4.74 Å². The van der Waals surface area contributed by atoms with E-state index in [1.807, 2.05) is 24.3 Å². The number of thioether (sulfide) groups is 1. The molecule has 0 spiro atoms. The number of carbonyl (C=O) groups is 3. The van der Waals surface area contributed by atoms with E-state index in [0.29, 0.717) is 6.42 Å². The summed E-state index contributed by atoms with van der Waals surface area (Å²) in [6.45, 7) is 1.40. The Bertz CT molecular complexity index is 627. The van der Waals surface area contributed by atoms with E-state index < -0.39 is 0 Å². The minimum atomic E-state index is -0.363. The van der Waals surface area contributed by atoms with E-state index in [-0.39, 0.29) is 29.0 Å². The summed E-state index contributed by atoms with van der Waals surface area (Å²) in [7, 11) is 0. The number of amides is 2. The Morgan fingerprint density at radius 3 is 2.62 bits per heavy atom. The number of rotatable bonds is 3. The van der Waals surface area contributed by atoms with E-state index in [2.05, 4.69) is 17.2 Å². The van der Waals surface area contributed by atoms with Crippen molar-refractivity contribution in [3.8, 4) is 11.8 Å². The van der Waals surface area contributed by atoms with Crippen LogP contribution in [0.15, 0.2) is 24.3 Å². The fourth-order valence-corrected chi connectivity index (χ4v) is 2.60. The number of nitrogens with one attached hydrogen (secondary N) is 1. The Morgan fingerprint density at radius 2 is 2.05 bits per heavy atom. The third kappa shape index (κ3) is 4.65. The standard InChI is InChI=1S/C15H13NO4S/c1-10(17)20-8-2-3-11-4-6-12(7-5-11)9-13-14(18)16-15(19)21-13/h4-7,13H,8-9H2,1H3,(H,16,18,19). The van der Waals surface area contributed by atoms with Crippen LogP contribution in [0.25, 0.3) is 0 Å². The van der Waals surface area contributed by atoms with Crippen LogP contribution in [0.2, 0.25) is 0 Å². The summed E-state index contributed by atoms with van der Waals surface area (Å²) in [4.78, 5) is 33.1. The van der Waals surface area contributed by atoms with E-state index in [1.54, 1.807) is 0 Å². The Labute approximate surface area is 126 Å². The zero-order valence-corrected chi connectivity index (χ0v) is 12.2. The molecule has 108 valence electrons. The Kier molecular flexibility index (Phi) is 5.01. The summed E-state index contributed by atoms with van der Waals surface area (Å²) in [6.07, 6.45) is 0.503. The van der Waals surface area contributed by atoms with Crippen LogP contribution in [0.1, 0.15) is 18.1 Å². The average Bonchev–Trinajstić information content (AvgIpc) is 2.74.